The zero-order valence-corrected chi connectivity index (χ0v) is 9.69. The molecular weight excluding hydrogens is 221 g/mol. The zero-order chi connectivity index (χ0) is 12.0. The normalized spacial score (nSPS) is 18.1. The van der Waals surface area contributed by atoms with Crippen LogP contribution in [0.5, 0.6) is 0 Å². The molecule has 1 aromatic carbocycles. The summed E-state index contributed by atoms with van der Waals surface area (Å²) in [6.45, 7) is 2.11. The van der Waals surface area contributed by atoms with Gasteiger partial charge in [0.15, 0.2) is 0 Å². The largest absolute Gasteiger partial charge is 0.339 e. The monoisotopic (exact) mass is 235 g/mol. The van der Waals surface area contributed by atoms with E-state index in [1.165, 1.54) is 12.1 Å². The van der Waals surface area contributed by atoms with Crippen LogP contribution in [0.25, 0.3) is 0 Å². The van der Waals surface area contributed by atoms with Crippen molar-refractivity contribution in [2.45, 2.75) is 13.0 Å². The summed E-state index contributed by atoms with van der Waals surface area (Å²) in [5.41, 5.74) is 1.77. The minimum atomic E-state index is -0.254. The Balaban J connectivity index is 1.85. The number of amides is 2. The van der Waals surface area contributed by atoms with E-state index >= 15 is 0 Å². The van der Waals surface area contributed by atoms with Crippen molar-refractivity contribution in [1.29, 1.82) is 0 Å². The van der Waals surface area contributed by atoms with E-state index in [1.807, 2.05) is 7.05 Å². The molecule has 0 bridgehead atoms. The summed E-state index contributed by atoms with van der Waals surface area (Å²) in [7, 11) is 1.83. The number of rotatable bonds is 0. The number of anilines is 1. The number of carbonyl (C=O) groups is 1. The van der Waals surface area contributed by atoms with Crippen molar-refractivity contribution in [2.75, 3.05) is 25.1 Å². The fourth-order valence-electron chi connectivity index (χ4n) is 2.26. The molecule has 2 amide bonds. The van der Waals surface area contributed by atoms with Gasteiger partial charge in [-0.1, -0.05) is 0 Å². The molecule has 5 heteroatoms. The summed E-state index contributed by atoms with van der Waals surface area (Å²) in [5.74, 6) is -0.254. The average molecular weight is 235 g/mol. The Bertz CT molecular complexity index is 473. The highest BCUT2D eigenvalue weighted by molar-refractivity contribution is 5.79. The van der Waals surface area contributed by atoms with Gasteiger partial charge < -0.3 is 4.90 Å². The lowest BCUT2D eigenvalue weighted by molar-refractivity contribution is 0.126. The van der Waals surface area contributed by atoms with Gasteiger partial charge in [0.2, 0.25) is 0 Å². The van der Waals surface area contributed by atoms with Gasteiger partial charge in [-0.25, -0.2) is 14.2 Å². The molecular formula is C12H14FN3O. The van der Waals surface area contributed by atoms with E-state index in [-0.39, 0.29) is 11.8 Å². The molecule has 2 aliphatic rings. The smallest absolute Gasteiger partial charge is 0.323 e. The standard InChI is InChI=1S/C12H14FN3O/c1-14-11-4-3-10(13)7-9(11)8-16(14)12(17)15-5-2-6-15/h3-4,7H,2,5-6,8H2,1H3. The van der Waals surface area contributed by atoms with Gasteiger partial charge in [0.05, 0.1) is 12.2 Å². The number of hydrogen-bond donors (Lipinski definition) is 0. The summed E-state index contributed by atoms with van der Waals surface area (Å²) < 4.78 is 13.1. The SMILES string of the molecule is CN1c2ccc(F)cc2CN1C(=O)N1CCC1. The van der Waals surface area contributed by atoms with Gasteiger partial charge in [-0.2, -0.15) is 0 Å². The number of hydrazine groups is 1. The zero-order valence-electron chi connectivity index (χ0n) is 9.69. The molecule has 0 saturated carbocycles. The first-order chi connectivity index (χ1) is 8.16. The number of fused-ring (bicyclic) bond motifs is 1. The van der Waals surface area contributed by atoms with Crippen LogP contribution in [0.1, 0.15) is 12.0 Å². The maximum Gasteiger partial charge on any atom is 0.339 e. The van der Waals surface area contributed by atoms with Gasteiger partial charge in [-0.05, 0) is 24.6 Å². The molecule has 1 fully saturated rings. The summed E-state index contributed by atoms with van der Waals surface area (Å²) in [6.07, 6.45) is 1.07. The third-order valence-corrected chi connectivity index (χ3v) is 3.42. The lowest BCUT2D eigenvalue weighted by atomic mass is 10.2. The van der Waals surface area contributed by atoms with Gasteiger partial charge >= 0.3 is 6.03 Å². The second-order valence-electron chi connectivity index (χ2n) is 4.48. The molecule has 0 aromatic heterocycles. The molecule has 0 spiro atoms. The molecule has 17 heavy (non-hydrogen) atoms. The molecule has 1 saturated heterocycles. The van der Waals surface area contributed by atoms with Gasteiger partial charge in [-0.15, -0.1) is 0 Å². The number of benzene rings is 1. The van der Waals surface area contributed by atoms with E-state index in [9.17, 15) is 9.18 Å². The van der Waals surface area contributed by atoms with E-state index in [4.69, 9.17) is 0 Å². The molecule has 2 aliphatic heterocycles. The number of halogens is 1. The van der Waals surface area contributed by atoms with Crippen LogP contribution < -0.4 is 5.01 Å². The Labute approximate surface area is 99.2 Å². The predicted molar refractivity (Wildman–Crippen MR) is 61.9 cm³/mol. The van der Waals surface area contributed by atoms with Crippen molar-refractivity contribution < 1.29 is 9.18 Å². The Kier molecular flexibility index (Phi) is 2.21. The summed E-state index contributed by atoms with van der Waals surface area (Å²) in [4.78, 5) is 13.9. The third kappa shape index (κ3) is 1.53. The molecule has 0 N–H and O–H groups in total. The van der Waals surface area contributed by atoms with Crippen LogP contribution in [0.2, 0.25) is 0 Å². The molecule has 3 rings (SSSR count). The van der Waals surface area contributed by atoms with Crippen LogP contribution in [-0.2, 0) is 6.54 Å². The maximum atomic E-state index is 13.1. The topological polar surface area (TPSA) is 26.8 Å². The van der Waals surface area contributed by atoms with E-state index in [0.717, 1.165) is 30.8 Å². The summed E-state index contributed by atoms with van der Waals surface area (Å²) in [5, 5.41) is 3.46. The first-order valence-electron chi connectivity index (χ1n) is 5.75. The minimum Gasteiger partial charge on any atom is -0.323 e. The molecule has 0 radical (unpaired) electrons. The van der Waals surface area contributed by atoms with Crippen molar-refractivity contribution >= 4 is 11.7 Å². The van der Waals surface area contributed by atoms with E-state index in [2.05, 4.69) is 0 Å². The van der Waals surface area contributed by atoms with Crippen LogP contribution in [0.4, 0.5) is 14.9 Å². The highest BCUT2D eigenvalue weighted by Gasteiger charge is 2.33. The van der Waals surface area contributed by atoms with Gasteiger partial charge in [0.25, 0.3) is 0 Å². The fourth-order valence-corrected chi connectivity index (χ4v) is 2.26. The van der Waals surface area contributed by atoms with Crippen molar-refractivity contribution in [3.8, 4) is 0 Å². The second-order valence-corrected chi connectivity index (χ2v) is 4.48. The third-order valence-electron chi connectivity index (χ3n) is 3.42. The van der Waals surface area contributed by atoms with Gasteiger partial charge in [0.1, 0.15) is 5.82 Å². The minimum absolute atomic E-state index is 0.00959. The summed E-state index contributed by atoms with van der Waals surface area (Å²) >= 11 is 0. The van der Waals surface area contributed by atoms with E-state index in [1.54, 1.807) is 21.0 Å². The Morgan fingerprint density at radius 1 is 1.35 bits per heavy atom. The summed E-state index contributed by atoms with van der Waals surface area (Å²) in [6, 6.07) is 4.64. The van der Waals surface area contributed by atoms with Crippen LogP contribution >= 0.6 is 0 Å². The average Bonchev–Trinajstić information content (AvgIpc) is 2.53. The van der Waals surface area contributed by atoms with Crippen molar-refractivity contribution in [2.24, 2.45) is 0 Å². The predicted octanol–water partition coefficient (Wildman–Crippen LogP) is 1.82. The molecule has 0 atom stereocenters. The first-order valence-corrected chi connectivity index (χ1v) is 5.75. The van der Waals surface area contributed by atoms with Crippen molar-refractivity contribution in [3.63, 3.8) is 0 Å². The number of carbonyl (C=O) groups excluding carboxylic acids is 1. The highest BCUT2D eigenvalue weighted by Crippen LogP contribution is 2.31. The molecule has 0 aliphatic carbocycles. The molecule has 1 aromatic rings. The van der Waals surface area contributed by atoms with Crippen LogP contribution in [0.3, 0.4) is 0 Å². The second kappa shape index (κ2) is 3.61. The molecule has 0 unspecified atom stereocenters. The number of likely N-dealkylation sites (tertiary alicyclic amines) is 1. The fraction of sp³-hybridized carbons (Fsp3) is 0.417. The Morgan fingerprint density at radius 2 is 2.12 bits per heavy atom. The van der Waals surface area contributed by atoms with Crippen molar-refractivity contribution in [1.82, 2.24) is 9.91 Å². The lowest BCUT2D eigenvalue weighted by Gasteiger charge is -2.37. The Morgan fingerprint density at radius 3 is 2.76 bits per heavy atom. The number of nitrogens with zero attached hydrogens (tertiary/aromatic N) is 3. The number of urea groups is 1. The van der Waals surface area contributed by atoms with Crippen LogP contribution in [-0.4, -0.2) is 36.1 Å². The highest BCUT2D eigenvalue weighted by atomic mass is 19.1. The Hall–Kier alpha value is -1.78. The van der Waals surface area contributed by atoms with E-state index < -0.39 is 0 Å². The van der Waals surface area contributed by atoms with Crippen LogP contribution in [0, 0.1) is 5.82 Å². The maximum absolute atomic E-state index is 13.1. The molecule has 90 valence electrons. The molecule has 2 heterocycles. The quantitative estimate of drug-likeness (QED) is 0.685. The lowest BCUT2D eigenvalue weighted by Crippen LogP contribution is -2.52. The van der Waals surface area contributed by atoms with Crippen LogP contribution in [0.15, 0.2) is 18.2 Å². The van der Waals surface area contributed by atoms with Gasteiger partial charge in [-0.3, -0.25) is 5.01 Å². The van der Waals surface area contributed by atoms with E-state index in [0.29, 0.717) is 6.54 Å². The number of hydrogen-bond acceptors (Lipinski definition) is 2. The molecule has 4 nitrogen and oxygen atoms in total. The van der Waals surface area contributed by atoms with Gasteiger partial charge in [0, 0.05) is 25.7 Å². The first kappa shape index (κ1) is 10.4. The van der Waals surface area contributed by atoms with Crippen molar-refractivity contribution in [3.05, 3.63) is 29.6 Å².